The van der Waals surface area contributed by atoms with E-state index in [0.29, 0.717) is 34.1 Å². The van der Waals surface area contributed by atoms with Gasteiger partial charge in [-0.05, 0) is 17.7 Å². The number of nitrogens with zero attached hydrogens (tertiary/aromatic N) is 2. The molecule has 0 saturated carbocycles. The van der Waals surface area contributed by atoms with E-state index in [9.17, 15) is 10.1 Å². The molecule has 2 heterocycles. The molecule has 10 heteroatoms. The number of carbonyl (C=O) groups excluding carboxylic acids is 1. The van der Waals surface area contributed by atoms with Crippen LogP contribution in [0.15, 0.2) is 23.6 Å². The van der Waals surface area contributed by atoms with E-state index < -0.39 is 11.9 Å². The molecule has 10 nitrogen and oxygen atoms in total. The molecule has 0 radical (unpaired) electrons. The van der Waals surface area contributed by atoms with Crippen LogP contribution in [0.3, 0.4) is 0 Å². The third-order valence-electron chi connectivity index (χ3n) is 4.59. The molecular weight excluding hydrogens is 380 g/mol. The fraction of sp³-hybridized carbons (Fsp3) is 0.316. The number of hydrogen-bond acceptors (Lipinski definition) is 9. The third kappa shape index (κ3) is 3.38. The molecule has 1 aromatic carbocycles. The highest BCUT2D eigenvalue weighted by Gasteiger charge is 2.36. The Balaban J connectivity index is 2.24. The predicted molar refractivity (Wildman–Crippen MR) is 99.7 cm³/mol. The van der Waals surface area contributed by atoms with E-state index in [4.69, 9.17) is 29.4 Å². The fourth-order valence-corrected chi connectivity index (χ4v) is 3.26. The van der Waals surface area contributed by atoms with Gasteiger partial charge in [-0.2, -0.15) is 5.26 Å². The lowest BCUT2D eigenvalue weighted by molar-refractivity contribution is -0.139. The molecule has 0 saturated heterocycles. The van der Waals surface area contributed by atoms with Crippen LogP contribution in [0.2, 0.25) is 0 Å². The van der Waals surface area contributed by atoms with Gasteiger partial charge in [0.2, 0.25) is 17.5 Å². The van der Waals surface area contributed by atoms with Crippen LogP contribution in [-0.2, 0) is 16.0 Å². The minimum atomic E-state index is -0.670. The number of nitrogens with one attached hydrogen (secondary N) is 1. The summed E-state index contributed by atoms with van der Waals surface area (Å²) in [7, 11) is 5.77. The van der Waals surface area contributed by atoms with Gasteiger partial charge in [0.15, 0.2) is 11.5 Å². The van der Waals surface area contributed by atoms with Crippen LogP contribution >= 0.6 is 0 Å². The van der Waals surface area contributed by atoms with Gasteiger partial charge in [0, 0.05) is 0 Å². The molecule has 1 aliphatic rings. The molecule has 1 atom stereocenters. The standard InChI is InChI=1S/C19H20N4O6/c1-25-12-5-9(6-13(26-2)17(12)28-4)15-10(8-20)18(21)29-19-16(15)11(22-23-19)7-14(24)27-3/h5-6,15H,7,21H2,1-4H3,(H,22,23)/t15-/m0/s1. The number of esters is 1. The monoisotopic (exact) mass is 400 g/mol. The van der Waals surface area contributed by atoms with Gasteiger partial charge in [-0.15, -0.1) is 5.10 Å². The molecule has 3 rings (SSSR count). The van der Waals surface area contributed by atoms with Crippen LogP contribution in [0, 0.1) is 11.3 Å². The molecule has 2 aromatic rings. The van der Waals surface area contributed by atoms with Gasteiger partial charge in [-0.1, -0.05) is 0 Å². The van der Waals surface area contributed by atoms with Crippen molar-refractivity contribution < 1.29 is 28.5 Å². The van der Waals surface area contributed by atoms with E-state index in [1.807, 2.05) is 0 Å². The number of methoxy groups -OCH3 is 4. The van der Waals surface area contributed by atoms with Crippen molar-refractivity contribution in [2.24, 2.45) is 5.73 Å². The highest BCUT2D eigenvalue weighted by atomic mass is 16.5. The van der Waals surface area contributed by atoms with Crippen LogP contribution < -0.4 is 24.7 Å². The summed E-state index contributed by atoms with van der Waals surface area (Å²) < 4.78 is 26.5. The van der Waals surface area contributed by atoms with Crippen molar-refractivity contribution in [2.45, 2.75) is 12.3 Å². The summed E-state index contributed by atoms with van der Waals surface area (Å²) in [4.78, 5) is 11.8. The average Bonchev–Trinajstić information content (AvgIpc) is 3.12. The fourth-order valence-electron chi connectivity index (χ4n) is 3.26. The van der Waals surface area contributed by atoms with E-state index >= 15 is 0 Å². The quantitative estimate of drug-likeness (QED) is 0.687. The maximum atomic E-state index is 11.8. The summed E-state index contributed by atoms with van der Waals surface area (Å²) in [6, 6.07) is 5.51. The lowest BCUT2D eigenvalue weighted by Gasteiger charge is -2.25. The van der Waals surface area contributed by atoms with Gasteiger partial charge in [0.05, 0.1) is 52.0 Å². The maximum Gasteiger partial charge on any atom is 0.311 e. The zero-order valence-corrected chi connectivity index (χ0v) is 16.4. The number of carbonyl (C=O) groups is 1. The van der Waals surface area contributed by atoms with Gasteiger partial charge in [0.25, 0.3) is 0 Å². The van der Waals surface area contributed by atoms with Gasteiger partial charge in [0.1, 0.15) is 11.6 Å². The molecule has 0 amide bonds. The lowest BCUT2D eigenvalue weighted by Crippen LogP contribution is -2.22. The second kappa shape index (κ2) is 8.02. The number of nitrogens with two attached hydrogens (primary N) is 1. The second-order valence-electron chi connectivity index (χ2n) is 6.06. The Hall–Kier alpha value is -3.87. The van der Waals surface area contributed by atoms with E-state index in [2.05, 4.69) is 16.3 Å². The highest BCUT2D eigenvalue weighted by Crippen LogP contribution is 2.47. The second-order valence-corrected chi connectivity index (χ2v) is 6.06. The number of nitriles is 1. The normalized spacial score (nSPS) is 15.1. The van der Waals surface area contributed by atoms with Gasteiger partial charge >= 0.3 is 5.97 Å². The van der Waals surface area contributed by atoms with Crippen LogP contribution in [0.25, 0.3) is 0 Å². The summed E-state index contributed by atoms with van der Waals surface area (Å²) in [6.45, 7) is 0. The number of benzene rings is 1. The van der Waals surface area contributed by atoms with E-state index in [1.165, 1.54) is 28.4 Å². The maximum absolute atomic E-state index is 11.8. The lowest BCUT2D eigenvalue weighted by atomic mass is 9.83. The van der Waals surface area contributed by atoms with Crippen molar-refractivity contribution in [3.63, 3.8) is 0 Å². The molecule has 1 aromatic heterocycles. The zero-order valence-electron chi connectivity index (χ0n) is 16.4. The number of aromatic nitrogens is 2. The first kappa shape index (κ1) is 19.9. The van der Waals surface area contributed by atoms with E-state index in [-0.39, 0.29) is 23.8 Å². The molecule has 0 fully saturated rings. The first-order valence-electron chi connectivity index (χ1n) is 8.50. The first-order chi connectivity index (χ1) is 14.0. The Morgan fingerprint density at radius 3 is 2.41 bits per heavy atom. The predicted octanol–water partition coefficient (Wildman–Crippen LogP) is 1.37. The Bertz CT molecular complexity index is 995. The largest absolute Gasteiger partial charge is 0.493 e. The first-order valence-corrected chi connectivity index (χ1v) is 8.50. The number of ether oxygens (including phenoxy) is 5. The van der Waals surface area contributed by atoms with E-state index in [1.54, 1.807) is 12.1 Å². The molecule has 1 aliphatic heterocycles. The Kier molecular flexibility index (Phi) is 5.50. The number of rotatable bonds is 6. The number of hydrogen-bond donors (Lipinski definition) is 2. The molecule has 0 bridgehead atoms. The average molecular weight is 400 g/mol. The van der Waals surface area contributed by atoms with Crippen LogP contribution in [0.4, 0.5) is 0 Å². The van der Waals surface area contributed by atoms with Gasteiger partial charge in [-0.25, -0.2) is 0 Å². The topological polar surface area (TPSA) is 142 Å². The summed E-state index contributed by atoms with van der Waals surface area (Å²) >= 11 is 0. The zero-order chi connectivity index (χ0) is 21.1. The van der Waals surface area contributed by atoms with Gasteiger partial charge in [-0.3, -0.25) is 9.89 Å². The summed E-state index contributed by atoms with van der Waals surface area (Å²) in [6.07, 6.45) is -0.0816. The van der Waals surface area contributed by atoms with Crippen LogP contribution in [0.5, 0.6) is 23.1 Å². The minimum Gasteiger partial charge on any atom is -0.493 e. The number of aromatic amines is 1. The molecule has 0 unspecified atom stereocenters. The number of allylic oxidation sites excluding steroid dienone is 1. The van der Waals surface area contributed by atoms with Crippen molar-refractivity contribution in [1.82, 2.24) is 10.2 Å². The van der Waals surface area contributed by atoms with E-state index in [0.717, 1.165) is 0 Å². The van der Waals surface area contributed by atoms with Crippen LogP contribution in [0.1, 0.15) is 22.7 Å². The highest BCUT2D eigenvalue weighted by molar-refractivity contribution is 5.73. The van der Waals surface area contributed by atoms with Crippen molar-refractivity contribution >= 4 is 5.97 Å². The van der Waals surface area contributed by atoms with Crippen molar-refractivity contribution in [3.8, 4) is 29.2 Å². The number of fused-ring (bicyclic) bond motifs is 1. The third-order valence-corrected chi connectivity index (χ3v) is 4.59. The van der Waals surface area contributed by atoms with Crippen molar-refractivity contribution in [1.29, 1.82) is 5.26 Å². The van der Waals surface area contributed by atoms with Crippen LogP contribution in [-0.4, -0.2) is 44.6 Å². The Labute approximate surface area is 166 Å². The smallest absolute Gasteiger partial charge is 0.311 e. The van der Waals surface area contributed by atoms with Crippen molar-refractivity contribution in [2.75, 3.05) is 28.4 Å². The number of H-pyrrole nitrogens is 1. The van der Waals surface area contributed by atoms with Gasteiger partial charge < -0.3 is 29.4 Å². The summed E-state index contributed by atoms with van der Waals surface area (Å²) in [5.41, 5.74) is 7.72. The summed E-state index contributed by atoms with van der Waals surface area (Å²) in [5.74, 6) is 0.182. The Morgan fingerprint density at radius 2 is 1.90 bits per heavy atom. The summed E-state index contributed by atoms with van der Waals surface area (Å²) in [5, 5.41) is 16.6. The molecule has 29 heavy (non-hydrogen) atoms. The molecule has 3 N–H and O–H groups in total. The molecule has 0 aliphatic carbocycles. The molecule has 0 spiro atoms. The SMILES string of the molecule is COC(=O)Cc1[nH]nc2c1[C@@H](c1cc(OC)c(OC)c(OC)c1)C(C#N)=C(N)O2. The van der Waals surface area contributed by atoms with Crippen molar-refractivity contribution in [3.05, 3.63) is 40.4 Å². The Morgan fingerprint density at radius 1 is 1.24 bits per heavy atom. The minimum absolute atomic E-state index is 0.0742. The molecular formula is C19H20N4O6. The molecule has 152 valence electrons.